The number of hydrogen-bond acceptors (Lipinski definition) is 5. The fraction of sp³-hybridized carbons (Fsp3) is 0.947. The van der Waals surface area contributed by atoms with E-state index in [1.165, 1.54) is 0 Å². The van der Waals surface area contributed by atoms with Crippen molar-refractivity contribution in [2.45, 2.75) is 77.7 Å². The van der Waals surface area contributed by atoms with Gasteiger partial charge in [-0.25, -0.2) is 8.42 Å². The van der Waals surface area contributed by atoms with Gasteiger partial charge in [0.2, 0.25) is 10.4 Å². The van der Waals surface area contributed by atoms with Crippen molar-refractivity contribution in [1.82, 2.24) is 0 Å². The first-order valence-corrected chi connectivity index (χ1v) is 11.1. The molecule has 0 spiro atoms. The third-order valence-electron chi connectivity index (χ3n) is 8.58. The Kier molecular flexibility index (Phi) is 5.80. The first-order valence-electron chi connectivity index (χ1n) is 9.81. The molecule has 26 heavy (non-hydrogen) atoms. The van der Waals surface area contributed by atoms with Crippen LogP contribution < -0.4 is 29.6 Å². The first-order chi connectivity index (χ1) is 11.6. The van der Waals surface area contributed by atoms with Gasteiger partial charge in [-0.05, 0) is 80.5 Å². The zero-order valence-electron chi connectivity index (χ0n) is 16.2. The predicted octanol–water partition coefficient (Wildman–Crippen LogP) is 0.448. The summed E-state index contributed by atoms with van der Waals surface area (Å²) in [6, 6.07) is 0. The van der Waals surface area contributed by atoms with Crippen LogP contribution in [0.3, 0.4) is 0 Å². The van der Waals surface area contributed by atoms with Crippen molar-refractivity contribution in [2.75, 3.05) is 0 Å². The third kappa shape index (κ3) is 3.37. The molecule has 0 heterocycles. The summed E-state index contributed by atoms with van der Waals surface area (Å²) >= 11 is 0. The number of fused-ring (bicyclic) bond motifs is 5. The molecule has 0 unspecified atom stereocenters. The quantitative estimate of drug-likeness (QED) is 0.387. The molecule has 142 valence electrons. The number of rotatable bonds is 2. The molecule has 0 aromatic rings. The molecule has 0 amide bonds. The normalized spacial score (nSPS) is 48.1. The minimum Gasteiger partial charge on any atom is -0.726 e. The van der Waals surface area contributed by atoms with Gasteiger partial charge < -0.3 is 4.55 Å². The molecule has 4 aliphatic rings. The van der Waals surface area contributed by atoms with Crippen molar-refractivity contribution in [3.63, 3.8) is 0 Å². The Labute approximate surface area is 179 Å². The van der Waals surface area contributed by atoms with Crippen LogP contribution in [0.2, 0.25) is 0 Å². The van der Waals surface area contributed by atoms with Crippen LogP contribution in [-0.4, -0.2) is 24.9 Å². The maximum absolute atomic E-state index is 12.4. The maximum Gasteiger partial charge on any atom is 1.00 e. The zero-order valence-corrected chi connectivity index (χ0v) is 19.0. The second kappa shape index (κ2) is 7.10. The summed E-state index contributed by atoms with van der Waals surface area (Å²) in [6.45, 7) is 4.57. The smallest absolute Gasteiger partial charge is 0.726 e. The summed E-state index contributed by atoms with van der Waals surface area (Å²) in [5, 5.41) is 0. The Morgan fingerprint density at radius 2 is 1.77 bits per heavy atom. The Balaban J connectivity index is 0.00000196. The molecule has 0 bridgehead atoms. The fourth-order valence-corrected chi connectivity index (χ4v) is 7.75. The minimum atomic E-state index is -4.62. The van der Waals surface area contributed by atoms with E-state index in [9.17, 15) is 17.8 Å². The summed E-state index contributed by atoms with van der Waals surface area (Å²) in [7, 11) is -4.62. The van der Waals surface area contributed by atoms with E-state index in [2.05, 4.69) is 13.8 Å². The van der Waals surface area contributed by atoms with Crippen molar-refractivity contribution in [2.24, 2.45) is 34.5 Å². The van der Waals surface area contributed by atoms with Gasteiger partial charge in [0.05, 0.1) is 6.10 Å². The number of carbonyl (C=O) groups excluding carboxylic acids is 1. The number of carbonyl (C=O) groups is 1. The molecule has 4 saturated carbocycles. The fourth-order valence-electron chi connectivity index (χ4n) is 7.24. The van der Waals surface area contributed by atoms with Crippen LogP contribution >= 0.6 is 0 Å². The molecule has 0 aromatic carbocycles. The minimum absolute atomic E-state index is 0. The van der Waals surface area contributed by atoms with Gasteiger partial charge in [-0.2, -0.15) is 0 Å². The zero-order chi connectivity index (χ0) is 18.0. The average Bonchev–Trinajstić information content (AvgIpc) is 2.82. The number of hydrogen-bond donors (Lipinski definition) is 0. The van der Waals surface area contributed by atoms with Crippen LogP contribution in [0.5, 0.6) is 0 Å². The molecule has 7 atom stereocenters. The Bertz CT molecular complexity index is 679. The molecule has 0 saturated heterocycles. The largest absolute Gasteiger partial charge is 1.00 e. The van der Waals surface area contributed by atoms with Crippen molar-refractivity contribution >= 4 is 16.2 Å². The van der Waals surface area contributed by atoms with Crippen LogP contribution in [0.4, 0.5) is 0 Å². The van der Waals surface area contributed by atoms with Crippen LogP contribution in [0.15, 0.2) is 0 Å². The first kappa shape index (κ1) is 21.3. The Morgan fingerprint density at radius 1 is 1.04 bits per heavy atom. The summed E-state index contributed by atoms with van der Waals surface area (Å²) < 4.78 is 37.6. The van der Waals surface area contributed by atoms with Crippen molar-refractivity contribution in [3.8, 4) is 0 Å². The third-order valence-corrected chi connectivity index (χ3v) is 9.09. The standard InChI is InChI=1S/C19H30O5S.Na/c1-18-9-7-13(24-25(21,22)23)11-12(18)3-4-14-15-5-6-17(20)19(15,2)10-8-16(14)18;/h12-16H,3-11H2,1-2H3,(H,21,22,23);/q;+1/p-1/t12-,13-,14+,15+,16+,18+,19+;/m1./s1. The van der Waals surface area contributed by atoms with E-state index >= 15 is 0 Å². The molecule has 0 aliphatic heterocycles. The maximum atomic E-state index is 12.4. The van der Waals surface area contributed by atoms with Crippen LogP contribution in [0, 0.1) is 34.5 Å². The molecule has 0 aromatic heterocycles. The summed E-state index contributed by atoms with van der Waals surface area (Å²) in [4.78, 5) is 12.4. The van der Waals surface area contributed by atoms with Crippen molar-refractivity contribution in [3.05, 3.63) is 0 Å². The Hall–Kier alpha value is 0.540. The van der Waals surface area contributed by atoms with Gasteiger partial charge in [0.1, 0.15) is 5.78 Å². The molecular weight excluding hydrogens is 363 g/mol. The van der Waals surface area contributed by atoms with E-state index in [0.717, 1.165) is 44.9 Å². The van der Waals surface area contributed by atoms with Gasteiger partial charge in [0.15, 0.2) is 0 Å². The van der Waals surface area contributed by atoms with E-state index in [1.54, 1.807) is 0 Å². The van der Waals surface area contributed by atoms with Crippen LogP contribution in [0.1, 0.15) is 71.6 Å². The molecule has 0 radical (unpaired) electrons. The Morgan fingerprint density at radius 3 is 2.46 bits per heavy atom. The van der Waals surface area contributed by atoms with E-state index < -0.39 is 16.5 Å². The second-order valence-electron chi connectivity index (χ2n) is 9.48. The van der Waals surface area contributed by atoms with Gasteiger partial charge in [-0.15, -0.1) is 0 Å². The van der Waals surface area contributed by atoms with Crippen LogP contribution in [0.25, 0.3) is 0 Å². The molecule has 4 fully saturated rings. The van der Waals surface area contributed by atoms with Gasteiger partial charge >= 0.3 is 29.6 Å². The van der Waals surface area contributed by atoms with E-state index in [1.807, 2.05) is 0 Å². The van der Waals surface area contributed by atoms with Crippen molar-refractivity contribution < 1.29 is 51.5 Å². The summed E-state index contributed by atoms with van der Waals surface area (Å²) in [5.41, 5.74) is 0.101. The average molecular weight is 392 g/mol. The van der Waals surface area contributed by atoms with Gasteiger partial charge in [-0.3, -0.25) is 8.98 Å². The van der Waals surface area contributed by atoms with E-state index in [4.69, 9.17) is 4.18 Å². The van der Waals surface area contributed by atoms with Crippen molar-refractivity contribution in [1.29, 1.82) is 0 Å². The monoisotopic (exact) mass is 392 g/mol. The van der Waals surface area contributed by atoms with Gasteiger partial charge in [0, 0.05) is 11.8 Å². The van der Waals surface area contributed by atoms with Gasteiger partial charge in [-0.1, -0.05) is 13.8 Å². The molecule has 0 N–H and O–H groups in total. The molecular formula is C19H29NaO5S. The molecule has 7 heteroatoms. The summed E-state index contributed by atoms with van der Waals surface area (Å²) in [6.07, 6.45) is 7.94. The molecule has 4 aliphatic carbocycles. The van der Waals surface area contributed by atoms with Crippen LogP contribution in [-0.2, 0) is 19.4 Å². The summed E-state index contributed by atoms with van der Waals surface area (Å²) in [5.74, 6) is 2.69. The number of Topliss-reactive ketones (excluding diaryl/α,β-unsaturated/α-hetero) is 1. The van der Waals surface area contributed by atoms with E-state index in [0.29, 0.717) is 42.3 Å². The predicted molar refractivity (Wildman–Crippen MR) is 91.3 cm³/mol. The van der Waals surface area contributed by atoms with Gasteiger partial charge in [0.25, 0.3) is 0 Å². The van der Waals surface area contributed by atoms with E-state index in [-0.39, 0.29) is 40.4 Å². The SMILES string of the molecule is C[C@]12CC[C@@H](OS(=O)(=O)[O-])C[C@H]1CC[C@@H]1[C@@H]2CC[C@]2(C)C(=O)CC[C@@H]12.[Na+]. The molecule has 4 rings (SSSR count). The number of ketones is 1. The topological polar surface area (TPSA) is 83.5 Å². The second-order valence-corrected chi connectivity index (χ2v) is 10.5. The molecule has 5 nitrogen and oxygen atoms in total.